The van der Waals surface area contributed by atoms with Gasteiger partial charge in [-0.15, -0.1) is 0 Å². The van der Waals surface area contributed by atoms with Crippen LogP contribution in [0, 0.1) is 0 Å². The number of phenols is 1. The molecule has 17 heavy (non-hydrogen) atoms. The van der Waals surface area contributed by atoms with Crippen LogP contribution in [0.4, 0.5) is 0 Å². The quantitative estimate of drug-likeness (QED) is 0.784. The lowest BCUT2D eigenvalue weighted by Crippen LogP contribution is -2.36. The van der Waals surface area contributed by atoms with Crippen LogP contribution in [-0.4, -0.2) is 35.5 Å². The van der Waals surface area contributed by atoms with Gasteiger partial charge in [-0.05, 0) is 19.5 Å². The molecule has 4 heteroatoms. The predicted molar refractivity (Wildman–Crippen MR) is 67.7 cm³/mol. The first-order valence-corrected chi connectivity index (χ1v) is 5.93. The molecule has 94 valence electrons. The minimum Gasteiger partial charge on any atom is -0.508 e. The summed E-state index contributed by atoms with van der Waals surface area (Å²) in [6.45, 7) is 6.26. The number of aromatic hydroxyl groups is 1. The molecule has 0 fully saturated rings. The highest BCUT2D eigenvalue weighted by Gasteiger charge is 2.10. The van der Waals surface area contributed by atoms with E-state index >= 15 is 0 Å². The Morgan fingerprint density at radius 3 is 2.65 bits per heavy atom. The zero-order chi connectivity index (χ0) is 12.7. The number of amides is 1. The minimum absolute atomic E-state index is 0.0183. The highest BCUT2D eigenvalue weighted by Crippen LogP contribution is 2.17. The number of para-hydroxylation sites is 1. The summed E-state index contributed by atoms with van der Waals surface area (Å²) in [5.41, 5.74) is 0.846. The van der Waals surface area contributed by atoms with Crippen LogP contribution in [0.25, 0.3) is 0 Å². The lowest BCUT2D eigenvalue weighted by molar-refractivity contribution is -0.122. The molecule has 0 aromatic heterocycles. The first-order valence-electron chi connectivity index (χ1n) is 5.93. The Kier molecular flexibility index (Phi) is 5.49. The van der Waals surface area contributed by atoms with E-state index in [-0.39, 0.29) is 11.7 Å². The van der Waals surface area contributed by atoms with E-state index in [1.807, 2.05) is 30.9 Å². The topological polar surface area (TPSA) is 52.6 Å². The summed E-state index contributed by atoms with van der Waals surface area (Å²) in [5.74, 6) is 0.298. The van der Waals surface area contributed by atoms with E-state index < -0.39 is 0 Å². The maximum atomic E-state index is 11.5. The fourth-order valence-corrected chi connectivity index (χ4v) is 1.62. The van der Waals surface area contributed by atoms with Crippen molar-refractivity contribution in [3.63, 3.8) is 0 Å². The summed E-state index contributed by atoms with van der Waals surface area (Å²) >= 11 is 0. The maximum Gasteiger partial charge on any atom is 0.234 e. The second-order valence-electron chi connectivity index (χ2n) is 3.89. The lowest BCUT2D eigenvalue weighted by Gasteiger charge is -2.20. The third-order valence-electron chi connectivity index (χ3n) is 2.57. The molecule has 0 spiro atoms. The zero-order valence-corrected chi connectivity index (χ0v) is 10.4. The van der Waals surface area contributed by atoms with Gasteiger partial charge in [0.05, 0.1) is 6.54 Å². The van der Waals surface area contributed by atoms with Crippen LogP contribution in [0.2, 0.25) is 0 Å². The average Bonchev–Trinajstić information content (AvgIpc) is 2.31. The van der Waals surface area contributed by atoms with Gasteiger partial charge in [0.25, 0.3) is 0 Å². The van der Waals surface area contributed by atoms with Crippen molar-refractivity contribution in [2.75, 3.05) is 19.6 Å². The molecule has 1 aromatic rings. The largest absolute Gasteiger partial charge is 0.508 e. The van der Waals surface area contributed by atoms with Crippen molar-refractivity contribution in [1.29, 1.82) is 0 Å². The molecular weight excluding hydrogens is 216 g/mol. The van der Waals surface area contributed by atoms with Gasteiger partial charge in [0.15, 0.2) is 0 Å². The number of benzene rings is 1. The van der Waals surface area contributed by atoms with Crippen molar-refractivity contribution < 1.29 is 9.90 Å². The summed E-state index contributed by atoms with van der Waals surface area (Å²) in [7, 11) is 0. The van der Waals surface area contributed by atoms with Gasteiger partial charge in [-0.3, -0.25) is 9.69 Å². The molecule has 0 radical (unpaired) electrons. The van der Waals surface area contributed by atoms with Gasteiger partial charge in [0.1, 0.15) is 5.75 Å². The summed E-state index contributed by atoms with van der Waals surface area (Å²) in [5, 5.41) is 12.4. The van der Waals surface area contributed by atoms with E-state index in [9.17, 15) is 9.90 Å². The van der Waals surface area contributed by atoms with E-state index in [1.54, 1.807) is 12.1 Å². The zero-order valence-electron chi connectivity index (χ0n) is 10.4. The Morgan fingerprint density at radius 1 is 1.35 bits per heavy atom. The molecule has 0 saturated carbocycles. The lowest BCUT2D eigenvalue weighted by atomic mass is 10.2. The maximum absolute atomic E-state index is 11.5. The average molecular weight is 236 g/mol. The summed E-state index contributed by atoms with van der Waals surface area (Å²) in [4.78, 5) is 13.5. The highest BCUT2D eigenvalue weighted by atomic mass is 16.3. The summed E-state index contributed by atoms with van der Waals surface area (Å²) < 4.78 is 0. The molecule has 0 atom stereocenters. The summed E-state index contributed by atoms with van der Waals surface area (Å²) in [6.07, 6.45) is 0. The van der Waals surface area contributed by atoms with Crippen molar-refractivity contribution in [3.8, 4) is 5.75 Å². The van der Waals surface area contributed by atoms with Crippen molar-refractivity contribution in [2.45, 2.75) is 20.4 Å². The van der Waals surface area contributed by atoms with Crippen LogP contribution in [0.3, 0.4) is 0 Å². The van der Waals surface area contributed by atoms with E-state index in [1.165, 1.54) is 0 Å². The number of rotatable bonds is 6. The first-order chi connectivity index (χ1) is 8.17. The third kappa shape index (κ3) is 4.44. The van der Waals surface area contributed by atoms with E-state index in [4.69, 9.17) is 0 Å². The molecule has 4 nitrogen and oxygen atoms in total. The second-order valence-corrected chi connectivity index (χ2v) is 3.89. The van der Waals surface area contributed by atoms with Crippen LogP contribution < -0.4 is 5.32 Å². The number of nitrogens with zero attached hydrogens (tertiary/aromatic N) is 1. The Bertz CT molecular complexity index is 366. The smallest absolute Gasteiger partial charge is 0.234 e. The van der Waals surface area contributed by atoms with E-state index in [2.05, 4.69) is 5.32 Å². The molecular formula is C13H20N2O2. The normalized spacial score (nSPS) is 10.5. The fourth-order valence-electron chi connectivity index (χ4n) is 1.62. The third-order valence-corrected chi connectivity index (χ3v) is 2.57. The molecule has 2 N–H and O–H groups in total. The number of phenolic OH excluding ortho intramolecular Hbond substituents is 1. The molecule has 0 unspecified atom stereocenters. The van der Waals surface area contributed by atoms with Crippen LogP contribution >= 0.6 is 0 Å². The monoisotopic (exact) mass is 236 g/mol. The number of carbonyl (C=O) groups is 1. The molecule has 0 saturated heterocycles. The minimum atomic E-state index is 0.0183. The molecule has 0 bridgehead atoms. The standard InChI is InChI=1S/C13H20N2O2/c1-3-14-13(17)10-15(4-2)9-11-7-5-6-8-12(11)16/h5-8,16H,3-4,9-10H2,1-2H3,(H,14,17). The molecule has 1 amide bonds. The number of nitrogens with one attached hydrogen (secondary N) is 1. The van der Waals surface area contributed by atoms with Crippen molar-refractivity contribution in [2.24, 2.45) is 0 Å². The number of carbonyl (C=O) groups excluding carboxylic acids is 1. The molecule has 1 aromatic carbocycles. The van der Waals surface area contributed by atoms with Crippen molar-refractivity contribution >= 4 is 5.91 Å². The van der Waals surface area contributed by atoms with Crippen LogP contribution in [0.15, 0.2) is 24.3 Å². The van der Waals surface area contributed by atoms with Gasteiger partial charge in [0.2, 0.25) is 5.91 Å². The molecule has 0 aliphatic carbocycles. The van der Waals surface area contributed by atoms with Gasteiger partial charge in [-0.2, -0.15) is 0 Å². The predicted octanol–water partition coefficient (Wildman–Crippen LogP) is 1.35. The van der Waals surface area contributed by atoms with Gasteiger partial charge in [-0.25, -0.2) is 0 Å². The summed E-state index contributed by atoms with van der Waals surface area (Å²) in [6, 6.07) is 7.21. The Morgan fingerprint density at radius 2 is 2.06 bits per heavy atom. The van der Waals surface area contributed by atoms with E-state index in [0.717, 1.165) is 12.1 Å². The van der Waals surface area contributed by atoms with Gasteiger partial charge in [0, 0.05) is 18.7 Å². The van der Waals surface area contributed by atoms with Crippen molar-refractivity contribution in [1.82, 2.24) is 10.2 Å². The molecule has 0 aliphatic heterocycles. The molecule has 0 heterocycles. The SMILES string of the molecule is CCNC(=O)CN(CC)Cc1ccccc1O. The van der Waals surface area contributed by atoms with Gasteiger partial charge < -0.3 is 10.4 Å². The second kappa shape index (κ2) is 6.91. The number of hydrogen-bond donors (Lipinski definition) is 2. The Balaban J connectivity index is 2.58. The number of hydrogen-bond acceptors (Lipinski definition) is 3. The fraction of sp³-hybridized carbons (Fsp3) is 0.462. The van der Waals surface area contributed by atoms with Crippen molar-refractivity contribution in [3.05, 3.63) is 29.8 Å². The van der Waals surface area contributed by atoms with Crippen LogP contribution in [0.5, 0.6) is 5.75 Å². The molecule has 1 rings (SSSR count). The van der Waals surface area contributed by atoms with E-state index in [0.29, 0.717) is 19.6 Å². The molecule has 0 aliphatic rings. The van der Waals surface area contributed by atoms with Crippen LogP contribution in [-0.2, 0) is 11.3 Å². The highest BCUT2D eigenvalue weighted by molar-refractivity contribution is 5.77. The Labute approximate surface area is 102 Å². The van der Waals surface area contributed by atoms with Gasteiger partial charge >= 0.3 is 0 Å². The van der Waals surface area contributed by atoms with Gasteiger partial charge in [-0.1, -0.05) is 25.1 Å². The first kappa shape index (κ1) is 13.5. The number of likely N-dealkylation sites (N-methyl/N-ethyl adjacent to an activating group) is 2. The Hall–Kier alpha value is -1.55. The van der Waals surface area contributed by atoms with Crippen LogP contribution in [0.1, 0.15) is 19.4 Å².